The van der Waals surface area contributed by atoms with Crippen LogP contribution in [0.4, 0.5) is 0 Å². The molecule has 0 radical (unpaired) electrons. The number of rotatable bonds is 9. The van der Waals surface area contributed by atoms with Gasteiger partial charge in [0.15, 0.2) is 18.1 Å². The van der Waals surface area contributed by atoms with E-state index in [0.717, 1.165) is 5.69 Å². The van der Waals surface area contributed by atoms with Crippen LogP contribution in [0.5, 0.6) is 11.5 Å². The minimum absolute atomic E-state index is 0.00653. The number of hydrogen-bond acceptors (Lipinski definition) is 7. The van der Waals surface area contributed by atoms with Crippen molar-refractivity contribution in [3.8, 4) is 17.2 Å². The Kier molecular flexibility index (Phi) is 7.43. The number of hydrogen-bond donors (Lipinski definition) is 1. The van der Waals surface area contributed by atoms with E-state index in [1.165, 1.54) is 31.4 Å². The molecule has 0 atom stereocenters. The molecule has 9 nitrogen and oxygen atoms in total. The second-order valence-electron chi connectivity index (χ2n) is 7.46. The number of primary sulfonamides is 1. The molecule has 0 aliphatic rings. The van der Waals surface area contributed by atoms with Gasteiger partial charge in [0, 0.05) is 22.6 Å². The first kappa shape index (κ1) is 25.0. The summed E-state index contributed by atoms with van der Waals surface area (Å²) in [5, 5.41) is 5.15. The Morgan fingerprint density at radius 2 is 1.68 bits per heavy atom. The number of carbonyl (C=O) groups is 2. The van der Waals surface area contributed by atoms with E-state index in [1.54, 1.807) is 35.8 Å². The lowest BCUT2D eigenvalue weighted by Crippen LogP contribution is -2.15. The minimum atomic E-state index is -3.81. The van der Waals surface area contributed by atoms with Gasteiger partial charge in [0.1, 0.15) is 0 Å². The van der Waals surface area contributed by atoms with Crippen LogP contribution < -0.4 is 14.6 Å². The van der Waals surface area contributed by atoms with Gasteiger partial charge in [-0.25, -0.2) is 18.4 Å². The van der Waals surface area contributed by atoms with Crippen LogP contribution in [0.25, 0.3) is 5.69 Å². The highest BCUT2D eigenvalue weighted by molar-refractivity contribution is 7.89. The summed E-state index contributed by atoms with van der Waals surface area (Å²) in [5.41, 5.74) is 2.68. The fraction of sp³-hybridized carbons (Fsp3) is 0.250. The maximum Gasteiger partial charge on any atom is 0.338 e. The zero-order chi connectivity index (χ0) is 25.0. The zero-order valence-corrected chi connectivity index (χ0v) is 20.1. The molecule has 10 heteroatoms. The average molecular weight is 487 g/mol. The highest BCUT2D eigenvalue weighted by Crippen LogP contribution is 2.28. The number of ether oxygens (including phenoxy) is 3. The molecule has 0 aliphatic heterocycles. The Morgan fingerprint density at radius 1 is 1.00 bits per heavy atom. The number of nitrogens with zero attached hydrogens (tertiary/aromatic N) is 1. The van der Waals surface area contributed by atoms with E-state index >= 15 is 0 Å². The molecular formula is C24H26N2O7S. The Balaban J connectivity index is 1.76. The fourth-order valence-corrected chi connectivity index (χ4v) is 4.11. The standard InChI is InChI=1S/C24H26N2O7S/c1-5-32-23-13-17(6-11-22(23)31-4)24(28)33-14-21(27)20-12-15(2)26(16(20)3)18-7-9-19(10-8-18)34(25,29)30/h6-13H,5,14H2,1-4H3,(H2,25,29,30). The van der Waals surface area contributed by atoms with Crippen LogP contribution in [-0.4, -0.2) is 45.1 Å². The van der Waals surface area contributed by atoms with Gasteiger partial charge in [0.2, 0.25) is 15.8 Å². The fourth-order valence-electron chi connectivity index (χ4n) is 3.59. The van der Waals surface area contributed by atoms with Gasteiger partial charge in [0.05, 0.1) is 24.2 Å². The predicted octanol–water partition coefficient (Wildman–Crippen LogP) is 3.19. The normalized spacial score (nSPS) is 11.2. The van der Waals surface area contributed by atoms with Crippen molar-refractivity contribution in [2.45, 2.75) is 25.7 Å². The Labute approximate surface area is 198 Å². The van der Waals surface area contributed by atoms with E-state index in [-0.39, 0.29) is 16.2 Å². The smallest absolute Gasteiger partial charge is 0.338 e. The molecule has 0 unspecified atom stereocenters. The number of sulfonamides is 1. The first-order chi connectivity index (χ1) is 16.1. The molecule has 0 saturated carbocycles. The van der Waals surface area contributed by atoms with Crippen LogP contribution in [0, 0.1) is 13.8 Å². The van der Waals surface area contributed by atoms with Crippen LogP contribution in [0.2, 0.25) is 0 Å². The summed E-state index contributed by atoms with van der Waals surface area (Å²) < 4.78 is 40.7. The largest absolute Gasteiger partial charge is 0.493 e. The molecule has 3 rings (SSSR count). The quantitative estimate of drug-likeness (QED) is 0.363. The topological polar surface area (TPSA) is 127 Å². The number of benzene rings is 2. The molecule has 2 N–H and O–H groups in total. The van der Waals surface area contributed by atoms with Crippen molar-refractivity contribution in [3.05, 3.63) is 71.0 Å². The van der Waals surface area contributed by atoms with Gasteiger partial charge < -0.3 is 18.8 Å². The second kappa shape index (κ2) is 10.1. The van der Waals surface area contributed by atoms with E-state index in [1.807, 2.05) is 13.8 Å². The van der Waals surface area contributed by atoms with Crippen molar-refractivity contribution >= 4 is 21.8 Å². The molecule has 0 aliphatic carbocycles. The summed E-state index contributed by atoms with van der Waals surface area (Å²) in [5.74, 6) is -0.140. The molecule has 0 bridgehead atoms. The lowest BCUT2D eigenvalue weighted by molar-refractivity contribution is 0.0474. The summed E-state index contributed by atoms with van der Waals surface area (Å²) >= 11 is 0. The van der Waals surface area contributed by atoms with E-state index in [9.17, 15) is 18.0 Å². The summed E-state index contributed by atoms with van der Waals surface area (Å²) in [6.45, 7) is 5.34. The van der Waals surface area contributed by atoms with Gasteiger partial charge in [-0.1, -0.05) is 0 Å². The van der Waals surface area contributed by atoms with Crippen LogP contribution in [-0.2, 0) is 14.8 Å². The SMILES string of the molecule is CCOc1cc(C(=O)OCC(=O)c2cc(C)n(-c3ccc(S(N)(=O)=O)cc3)c2C)ccc1OC. The number of ketones is 1. The number of esters is 1. The monoisotopic (exact) mass is 486 g/mol. The number of aromatic nitrogens is 1. The van der Waals surface area contributed by atoms with Gasteiger partial charge >= 0.3 is 5.97 Å². The maximum absolute atomic E-state index is 12.8. The number of nitrogens with two attached hydrogens (primary N) is 1. The van der Waals surface area contributed by atoms with E-state index in [4.69, 9.17) is 19.3 Å². The Hall–Kier alpha value is -3.63. The summed E-state index contributed by atoms with van der Waals surface area (Å²) in [6, 6.07) is 12.3. The molecule has 2 aromatic carbocycles. The van der Waals surface area contributed by atoms with Crippen LogP contribution in [0.15, 0.2) is 53.4 Å². The van der Waals surface area contributed by atoms with E-state index in [2.05, 4.69) is 0 Å². The molecule has 0 amide bonds. The minimum Gasteiger partial charge on any atom is -0.493 e. The van der Waals surface area contributed by atoms with Crippen molar-refractivity contribution in [3.63, 3.8) is 0 Å². The van der Waals surface area contributed by atoms with Gasteiger partial charge in [0.25, 0.3) is 0 Å². The van der Waals surface area contributed by atoms with Crippen molar-refractivity contribution in [2.75, 3.05) is 20.3 Å². The molecule has 1 aromatic heterocycles. The predicted molar refractivity (Wildman–Crippen MR) is 125 cm³/mol. The Bertz CT molecular complexity index is 1330. The van der Waals surface area contributed by atoms with Crippen molar-refractivity contribution < 1.29 is 32.2 Å². The third-order valence-electron chi connectivity index (χ3n) is 5.19. The van der Waals surface area contributed by atoms with Gasteiger partial charge in [-0.15, -0.1) is 0 Å². The molecule has 180 valence electrons. The molecule has 0 spiro atoms. The number of Topliss-reactive ketones (excluding diaryl/α,β-unsaturated/α-hetero) is 1. The maximum atomic E-state index is 12.8. The number of methoxy groups -OCH3 is 1. The van der Waals surface area contributed by atoms with Gasteiger partial charge in [-0.2, -0.15) is 0 Å². The summed E-state index contributed by atoms with van der Waals surface area (Å²) in [6.07, 6.45) is 0. The highest BCUT2D eigenvalue weighted by Gasteiger charge is 2.20. The first-order valence-corrected chi connectivity index (χ1v) is 11.9. The highest BCUT2D eigenvalue weighted by atomic mass is 32.2. The van der Waals surface area contributed by atoms with Crippen molar-refractivity contribution in [1.29, 1.82) is 0 Å². The average Bonchev–Trinajstić information content (AvgIpc) is 3.10. The third kappa shape index (κ3) is 5.29. The van der Waals surface area contributed by atoms with Crippen LogP contribution in [0.1, 0.15) is 39.0 Å². The van der Waals surface area contributed by atoms with Crippen molar-refractivity contribution in [2.24, 2.45) is 5.14 Å². The third-order valence-corrected chi connectivity index (χ3v) is 6.12. The van der Waals surface area contributed by atoms with Gasteiger partial charge in [-0.05, 0) is 69.3 Å². The van der Waals surface area contributed by atoms with Crippen LogP contribution >= 0.6 is 0 Å². The van der Waals surface area contributed by atoms with Crippen molar-refractivity contribution in [1.82, 2.24) is 4.57 Å². The first-order valence-electron chi connectivity index (χ1n) is 10.4. The number of carbonyl (C=O) groups excluding carboxylic acids is 2. The summed E-state index contributed by atoms with van der Waals surface area (Å²) in [4.78, 5) is 25.3. The molecule has 0 fully saturated rings. The molecule has 0 saturated heterocycles. The summed E-state index contributed by atoms with van der Waals surface area (Å²) in [7, 11) is -2.31. The molecular weight excluding hydrogens is 460 g/mol. The lowest BCUT2D eigenvalue weighted by atomic mass is 10.1. The van der Waals surface area contributed by atoms with Crippen LogP contribution in [0.3, 0.4) is 0 Å². The molecule has 3 aromatic rings. The van der Waals surface area contributed by atoms with Gasteiger partial charge in [-0.3, -0.25) is 4.79 Å². The molecule has 34 heavy (non-hydrogen) atoms. The zero-order valence-electron chi connectivity index (χ0n) is 19.3. The second-order valence-corrected chi connectivity index (χ2v) is 9.02. The molecule has 1 heterocycles. The van der Waals surface area contributed by atoms with E-state index in [0.29, 0.717) is 35.1 Å². The number of aryl methyl sites for hydroxylation is 1. The Morgan fingerprint density at radius 3 is 2.26 bits per heavy atom. The lowest BCUT2D eigenvalue weighted by Gasteiger charge is -2.11. The van der Waals surface area contributed by atoms with E-state index < -0.39 is 22.6 Å².